The van der Waals surface area contributed by atoms with Gasteiger partial charge in [-0.05, 0) is 37.0 Å². The zero-order chi connectivity index (χ0) is 22.1. The molecule has 0 saturated carbocycles. The van der Waals surface area contributed by atoms with Crippen molar-refractivity contribution in [3.8, 4) is 17.1 Å². The second kappa shape index (κ2) is 8.86. The fraction of sp³-hybridized carbons (Fsp3) is 0.476. The van der Waals surface area contributed by atoms with Crippen LogP contribution in [0.3, 0.4) is 0 Å². The van der Waals surface area contributed by atoms with Crippen molar-refractivity contribution in [3.05, 3.63) is 30.0 Å². The number of carbonyl (C=O) groups is 2. The smallest absolute Gasteiger partial charge is 0.287 e. The molecule has 2 aromatic rings. The first-order valence-corrected chi connectivity index (χ1v) is 11.2. The van der Waals surface area contributed by atoms with E-state index in [-0.39, 0.29) is 24.1 Å². The van der Waals surface area contributed by atoms with Crippen LogP contribution < -0.4 is 15.4 Å². The lowest BCUT2D eigenvalue weighted by atomic mass is 9.95. The molecule has 31 heavy (non-hydrogen) atoms. The average molecular weight is 451 g/mol. The van der Waals surface area contributed by atoms with Gasteiger partial charge in [-0.1, -0.05) is 24.8 Å². The minimum atomic E-state index is -2.64. The maximum Gasteiger partial charge on any atom is 0.287 e. The molecule has 2 aliphatic rings. The van der Waals surface area contributed by atoms with Gasteiger partial charge in [-0.2, -0.15) is 0 Å². The number of primary amides is 1. The van der Waals surface area contributed by atoms with E-state index in [1.54, 1.807) is 6.20 Å². The van der Waals surface area contributed by atoms with Gasteiger partial charge in [-0.25, -0.2) is 13.8 Å². The number of halogens is 2. The summed E-state index contributed by atoms with van der Waals surface area (Å²) in [5.74, 6) is 1.18. The molecule has 10 heteroatoms. The fourth-order valence-electron chi connectivity index (χ4n) is 3.99. The molecule has 1 saturated heterocycles. The van der Waals surface area contributed by atoms with Crippen molar-refractivity contribution in [2.24, 2.45) is 11.7 Å². The van der Waals surface area contributed by atoms with Crippen LogP contribution in [0.5, 0.6) is 5.75 Å². The first-order valence-electron chi connectivity index (χ1n) is 10.3. The number of thioether (sulfide) groups is 1. The summed E-state index contributed by atoms with van der Waals surface area (Å²) >= 11 is 1.03. The predicted molar refractivity (Wildman–Crippen MR) is 115 cm³/mol. The number of nitrogens with two attached hydrogens (primary N) is 1. The third-order valence-corrected chi connectivity index (χ3v) is 6.61. The second-order valence-corrected chi connectivity index (χ2v) is 8.73. The number of alkyl halides is 2. The van der Waals surface area contributed by atoms with Crippen LogP contribution in [0.4, 0.5) is 19.4 Å². The van der Waals surface area contributed by atoms with Crippen molar-refractivity contribution < 1.29 is 23.1 Å². The lowest BCUT2D eigenvalue weighted by molar-refractivity contribution is -0.121. The molecule has 0 radical (unpaired) electrons. The van der Waals surface area contributed by atoms with Gasteiger partial charge in [0.1, 0.15) is 24.2 Å². The highest BCUT2D eigenvalue weighted by molar-refractivity contribution is 8.14. The number of hydrogen-bond donors (Lipinski definition) is 1. The van der Waals surface area contributed by atoms with Crippen LogP contribution >= 0.6 is 11.8 Å². The van der Waals surface area contributed by atoms with Crippen LogP contribution in [0.15, 0.2) is 24.4 Å². The number of ether oxygens (including phenoxy) is 1. The first kappa shape index (κ1) is 21.6. The number of amides is 2. The SMILES string of the molecule is CC[C@H](Cc1ccc2c(c1)OCCn1cc(N3C(=O)SCC[C@H]3C(F)F)nc1-2)C(N)=O. The van der Waals surface area contributed by atoms with Crippen molar-refractivity contribution in [2.75, 3.05) is 17.3 Å². The van der Waals surface area contributed by atoms with E-state index in [9.17, 15) is 18.4 Å². The monoisotopic (exact) mass is 450 g/mol. The standard InChI is InChI=1S/C21H24F2N4O3S/c1-2-13(19(24)28)9-12-3-4-14-16(10-12)30-7-6-26-11-17(25-20(14)26)27-15(18(22)23)5-8-31-21(27)29/h3-4,10-11,13,15,18H,2,5-9H2,1H3,(H2,24,28)/t13-,15+/m1/s1. The zero-order valence-electron chi connectivity index (χ0n) is 17.1. The Balaban J connectivity index is 1.68. The van der Waals surface area contributed by atoms with E-state index in [0.717, 1.165) is 22.2 Å². The molecule has 1 fully saturated rings. The summed E-state index contributed by atoms with van der Waals surface area (Å²) in [6.07, 6.45) is 0.381. The molecule has 4 rings (SSSR count). The Labute approximate surface area is 182 Å². The molecule has 166 valence electrons. The van der Waals surface area contributed by atoms with E-state index in [4.69, 9.17) is 10.5 Å². The minimum absolute atomic E-state index is 0.220. The number of imidazole rings is 1. The van der Waals surface area contributed by atoms with E-state index < -0.39 is 17.7 Å². The van der Waals surface area contributed by atoms with Crippen molar-refractivity contribution >= 4 is 28.7 Å². The highest BCUT2D eigenvalue weighted by Gasteiger charge is 2.38. The third-order valence-electron chi connectivity index (χ3n) is 5.72. The summed E-state index contributed by atoms with van der Waals surface area (Å²) in [6.45, 7) is 2.76. The van der Waals surface area contributed by atoms with Crippen LogP contribution in [-0.2, 0) is 17.8 Å². The first-order chi connectivity index (χ1) is 14.9. The number of fused-ring (bicyclic) bond motifs is 3. The molecule has 2 N–H and O–H groups in total. The molecular weight excluding hydrogens is 426 g/mol. The van der Waals surface area contributed by atoms with Gasteiger partial charge >= 0.3 is 0 Å². The predicted octanol–water partition coefficient (Wildman–Crippen LogP) is 3.69. The number of benzene rings is 1. The minimum Gasteiger partial charge on any atom is -0.491 e. The lowest BCUT2D eigenvalue weighted by Crippen LogP contribution is -2.46. The normalized spacial score (nSPS) is 19.4. The zero-order valence-corrected chi connectivity index (χ0v) is 17.9. The van der Waals surface area contributed by atoms with Gasteiger partial charge in [-0.15, -0.1) is 0 Å². The molecule has 2 amide bonds. The van der Waals surface area contributed by atoms with E-state index in [0.29, 0.717) is 48.9 Å². The maximum absolute atomic E-state index is 13.6. The molecule has 2 aliphatic heterocycles. The Hall–Kier alpha value is -2.62. The maximum atomic E-state index is 13.6. The Morgan fingerprint density at radius 1 is 1.42 bits per heavy atom. The number of aromatic nitrogens is 2. The lowest BCUT2D eigenvalue weighted by Gasteiger charge is -2.32. The molecule has 0 bridgehead atoms. The summed E-state index contributed by atoms with van der Waals surface area (Å²) < 4.78 is 34.8. The Morgan fingerprint density at radius 2 is 2.23 bits per heavy atom. The quantitative estimate of drug-likeness (QED) is 0.725. The molecule has 3 heterocycles. The summed E-state index contributed by atoms with van der Waals surface area (Å²) in [4.78, 5) is 29.7. The van der Waals surface area contributed by atoms with Crippen LogP contribution in [0.25, 0.3) is 11.4 Å². The van der Waals surface area contributed by atoms with Gasteiger partial charge in [0.25, 0.3) is 11.7 Å². The van der Waals surface area contributed by atoms with Crippen molar-refractivity contribution in [1.29, 1.82) is 0 Å². The summed E-state index contributed by atoms with van der Waals surface area (Å²) in [6, 6.07) is 4.44. The summed E-state index contributed by atoms with van der Waals surface area (Å²) in [7, 11) is 0. The Bertz CT molecular complexity index is 997. The van der Waals surface area contributed by atoms with Crippen LogP contribution in [0.2, 0.25) is 0 Å². The number of anilines is 1. The van der Waals surface area contributed by atoms with Gasteiger partial charge in [-0.3, -0.25) is 14.5 Å². The average Bonchev–Trinajstić information content (AvgIpc) is 3.07. The van der Waals surface area contributed by atoms with Crippen molar-refractivity contribution in [2.45, 2.75) is 45.2 Å². The van der Waals surface area contributed by atoms with Crippen molar-refractivity contribution in [1.82, 2.24) is 9.55 Å². The Kier molecular flexibility index (Phi) is 6.17. The largest absolute Gasteiger partial charge is 0.491 e. The summed E-state index contributed by atoms with van der Waals surface area (Å²) in [5.41, 5.74) is 7.10. The fourth-order valence-corrected chi connectivity index (χ4v) is 4.89. The Morgan fingerprint density at radius 3 is 2.94 bits per heavy atom. The van der Waals surface area contributed by atoms with Crippen LogP contribution in [0, 0.1) is 5.92 Å². The molecule has 2 atom stereocenters. The number of carbonyl (C=O) groups excluding carboxylic acids is 2. The van der Waals surface area contributed by atoms with E-state index >= 15 is 0 Å². The van der Waals surface area contributed by atoms with Crippen molar-refractivity contribution in [3.63, 3.8) is 0 Å². The number of nitrogens with zero attached hydrogens (tertiary/aromatic N) is 3. The number of hydrogen-bond acceptors (Lipinski definition) is 5. The highest BCUT2D eigenvalue weighted by Crippen LogP contribution is 2.37. The molecule has 0 unspecified atom stereocenters. The van der Waals surface area contributed by atoms with Gasteiger partial charge in [0.15, 0.2) is 5.82 Å². The van der Waals surface area contributed by atoms with E-state index in [1.807, 2.05) is 29.7 Å². The molecule has 1 aromatic carbocycles. The third kappa shape index (κ3) is 4.26. The number of rotatable bonds is 6. The van der Waals surface area contributed by atoms with E-state index in [2.05, 4.69) is 4.98 Å². The highest BCUT2D eigenvalue weighted by atomic mass is 32.2. The molecule has 0 aliphatic carbocycles. The van der Waals surface area contributed by atoms with Crippen LogP contribution in [-0.4, -0.2) is 45.5 Å². The molecular formula is C21H24F2N4O3S. The topological polar surface area (TPSA) is 90.4 Å². The molecule has 0 spiro atoms. The van der Waals surface area contributed by atoms with Crippen LogP contribution in [0.1, 0.15) is 25.3 Å². The second-order valence-electron chi connectivity index (χ2n) is 7.68. The van der Waals surface area contributed by atoms with E-state index in [1.165, 1.54) is 0 Å². The van der Waals surface area contributed by atoms with Gasteiger partial charge in [0.05, 0.1) is 12.1 Å². The molecule has 7 nitrogen and oxygen atoms in total. The summed E-state index contributed by atoms with van der Waals surface area (Å²) in [5, 5.41) is -0.409. The van der Waals surface area contributed by atoms with Gasteiger partial charge in [0.2, 0.25) is 5.91 Å². The van der Waals surface area contributed by atoms with Gasteiger partial charge < -0.3 is 15.0 Å². The van der Waals surface area contributed by atoms with Gasteiger partial charge in [0, 0.05) is 17.9 Å². The molecule has 1 aromatic heterocycles.